The van der Waals surface area contributed by atoms with Gasteiger partial charge in [-0.2, -0.15) is 0 Å². The molecular formula is C13H15BrClNO4S. The zero-order valence-corrected chi connectivity index (χ0v) is 14.5. The lowest BCUT2D eigenvalue weighted by molar-refractivity contribution is 0.0272. The van der Waals surface area contributed by atoms with Gasteiger partial charge in [-0.15, -0.1) is 0 Å². The number of rotatable bonds is 3. The second kappa shape index (κ2) is 6.24. The summed E-state index contributed by atoms with van der Waals surface area (Å²) >= 11 is 3.25. The molecule has 0 aromatic heterocycles. The fraction of sp³-hybridized carbons (Fsp3) is 0.462. The average Bonchev–Trinajstić information content (AvgIpc) is 2.38. The number of carbonyl (C=O) groups excluding carboxylic acids is 1. The first-order valence-corrected chi connectivity index (χ1v) is 9.46. The molecule has 1 aromatic rings. The van der Waals surface area contributed by atoms with Gasteiger partial charge in [0.25, 0.3) is 15.0 Å². The van der Waals surface area contributed by atoms with Crippen LogP contribution in [0.25, 0.3) is 0 Å². The highest BCUT2D eigenvalue weighted by atomic mass is 79.9. The Labute approximate surface area is 136 Å². The monoisotopic (exact) mass is 395 g/mol. The van der Waals surface area contributed by atoms with Crippen LogP contribution >= 0.6 is 26.6 Å². The van der Waals surface area contributed by atoms with Crippen molar-refractivity contribution in [2.24, 2.45) is 0 Å². The number of carbonyl (C=O) groups is 1. The van der Waals surface area contributed by atoms with Crippen LogP contribution in [0.15, 0.2) is 27.6 Å². The van der Waals surface area contributed by atoms with Gasteiger partial charge >= 0.3 is 0 Å². The van der Waals surface area contributed by atoms with Gasteiger partial charge in [0.2, 0.25) is 0 Å². The van der Waals surface area contributed by atoms with Crippen LogP contribution in [0, 0.1) is 0 Å². The molecule has 1 aromatic carbocycles. The summed E-state index contributed by atoms with van der Waals surface area (Å²) in [6.07, 6.45) is 1.68. The molecule has 116 valence electrons. The molecule has 1 heterocycles. The van der Waals surface area contributed by atoms with E-state index in [0.717, 1.165) is 12.8 Å². The second-order valence-electron chi connectivity index (χ2n) is 5.25. The first-order valence-electron chi connectivity index (χ1n) is 6.36. The van der Waals surface area contributed by atoms with Crippen LogP contribution in [0.1, 0.15) is 30.1 Å². The van der Waals surface area contributed by atoms with Crippen molar-refractivity contribution in [2.75, 3.05) is 13.2 Å². The first kappa shape index (κ1) is 16.7. The van der Waals surface area contributed by atoms with Crippen LogP contribution in [-0.2, 0) is 13.8 Å². The number of hydrogen-bond donors (Lipinski definition) is 1. The van der Waals surface area contributed by atoms with Crippen molar-refractivity contribution >= 4 is 41.6 Å². The summed E-state index contributed by atoms with van der Waals surface area (Å²) in [5.74, 6) is -0.364. The molecule has 0 spiro atoms. The van der Waals surface area contributed by atoms with Crippen molar-refractivity contribution in [1.29, 1.82) is 0 Å². The number of hydrogen-bond acceptors (Lipinski definition) is 4. The molecule has 5 nitrogen and oxygen atoms in total. The van der Waals surface area contributed by atoms with Gasteiger partial charge in [-0.1, -0.05) is 0 Å². The molecule has 1 saturated heterocycles. The largest absolute Gasteiger partial charge is 0.379 e. The normalized spacial score (nSPS) is 22.8. The molecule has 0 radical (unpaired) electrons. The Morgan fingerprint density at radius 2 is 2.19 bits per heavy atom. The van der Waals surface area contributed by atoms with Gasteiger partial charge in [-0.05, 0) is 53.9 Å². The maximum atomic E-state index is 12.4. The molecule has 8 heteroatoms. The highest BCUT2D eigenvalue weighted by molar-refractivity contribution is 9.10. The molecule has 21 heavy (non-hydrogen) atoms. The Balaban J connectivity index is 2.26. The number of nitrogens with one attached hydrogen (secondary N) is 1. The van der Waals surface area contributed by atoms with Crippen LogP contribution < -0.4 is 5.32 Å². The Morgan fingerprint density at radius 3 is 2.76 bits per heavy atom. The molecule has 0 aliphatic carbocycles. The van der Waals surface area contributed by atoms with E-state index in [-0.39, 0.29) is 16.4 Å². The predicted octanol–water partition coefficient (Wildman–Crippen LogP) is 2.68. The molecule has 1 unspecified atom stereocenters. The van der Waals surface area contributed by atoms with Gasteiger partial charge in [0, 0.05) is 21.8 Å². The van der Waals surface area contributed by atoms with Crippen molar-refractivity contribution in [3.8, 4) is 0 Å². The molecular weight excluding hydrogens is 382 g/mol. The van der Waals surface area contributed by atoms with Gasteiger partial charge < -0.3 is 10.1 Å². The minimum atomic E-state index is -3.88. The van der Waals surface area contributed by atoms with Crippen LogP contribution in [0.4, 0.5) is 0 Å². The minimum Gasteiger partial charge on any atom is -0.379 e. The molecule has 1 N–H and O–H groups in total. The standard InChI is InChI=1S/C13H15BrClNO4S/c1-13(5-2-6-20-8-13)16-12(17)10-7-9(21(15,18)19)3-4-11(10)14/h3-4,7H,2,5-6,8H2,1H3,(H,16,17). The van der Waals surface area contributed by atoms with Gasteiger partial charge in [-0.3, -0.25) is 4.79 Å². The van der Waals surface area contributed by atoms with Crippen molar-refractivity contribution in [1.82, 2.24) is 5.32 Å². The molecule has 1 amide bonds. The Morgan fingerprint density at radius 1 is 1.48 bits per heavy atom. The van der Waals surface area contributed by atoms with Crippen molar-refractivity contribution in [3.05, 3.63) is 28.2 Å². The summed E-state index contributed by atoms with van der Waals surface area (Å²) in [7, 11) is 1.43. The van der Waals surface area contributed by atoms with E-state index in [2.05, 4.69) is 21.2 Å². The lowest BCUT2D eigenvalue weighted by Crippen LogP contribution is -2.51. The topological polar surface area (TPSA) is 72.5 Å². The fourth-order valence-corrected chi connectivity index (χ4v) is 3.41. The summed E-state index contributed by atoms with van der Waals surface area (Å²) in [5, 5.41) is 2.90. The quantitative estimate of drug-likeness (QED) is 0.797. The third-order valence-corrected chi connectivity index (χ3v) is 5.36. The Kier molecular flexibility index (Phi) is 4.97. The van der Waals surface area contributed by atoms with E-state index in [1.54, 1.807) is 0 Å². The van der Waals surface area contributed by atoms with Crippen LogP contribution in [0.5, 0.6) is 0 Å². The van der Waals surface area contributed by atoms with E-state index in [4.69, 9.17) is 15.4 Å². The molecule has 1 aliphatic rings. The SMILES string of the molecule is CC1(NC(=O)c2cc(S(=O)(=O)Cl)ccc2Br)CCCOC1. The third kappa shape index (κ3) is 4.18. The number of halogens is 2. The lowest BCUT2D eigenvalue weighted by atomic mass is 9.94. The average molecular weight is 397 g/mol. The molecule has 1 atom stereocenters. The van der Waals surface area contributed by atoms with E-state index >= 15 is 0 Å². The summed E-state index contributed by atoms with van der Waals surface area (Å²) in [4.78, 5) is 12.3. The predicted molar refractivity (Wildman–Crippen MR) is 83.1 cm³/mol. The van der Waals surface area contributed by atoms with E-state index in [9.17, 15) is 13.2 Å². The van der Waals surface area contributed by atoms with Gasteiger partial charge in [0.05, 0.1) is 22.6 Å². The van der Waals surface area contributed by atoms with Gasteiger partial charge in [-0.25, -0.2) is 8.42 Å². The van der Waals surface area contributed by atoms with Crippen LogP contribution in [-0.4, -0.2) is 33.1 Å². The molecule has 1 fully saturated rings. The molecule has 0 saturated carbocycles. The van der Waals surface area contributed by atoms with Gasteiger partial charge in [0.15, 0.2) is 0 Å². The summed E-state index contributed by atoms with van der Waals surface area (Å²) in [6, 6.07) is 4.09. The summed E-state index contributed by atoms with van der Waals surface area (Å²) < 4.78 is 28.6. The minimum absolute atomic E-state index is 0.109. The van der Waals surface area contributed by atoms with E-state index in [0.29, 0.717) is 17.7 Å². The van der Waals surface area contributed by atoms with E-state index in [1.165, 1.54) is 18.2 Å². The first-order chi connectivity index (χ1) is 9.71. The van der Waals surface area contributed by atoms with Crippen LogP contribution in [0.2, 0.25) is 0 Å². The zero-order chi connectivity index (χ0) is 15.7. The van der Waals surface area contributed by atoms with E-state index < -0.39 is 14.6 Å². The van der Waals surface area contributed by atoms with Crippen molar-refractivity contribution < 1.29 is 17.9 Å². The van der Waals surface area contributed by atoms with Crippen molar-refractivity contribution in [2.45, 2.75) is 30.2 Å². The number of benzene rings is 1. The van der Waals surface area contributed by atoms with Gasteiger partial charge in [0.1, 0.15) is 0 Å². The molecule has 1 aliphatic heterocycles. The zero-order valence-electron chi connectivity index (χ0n) is 11.4. The maximum Gasteiger partial charge on any atom is 0.261 e. The summed E-state index contributed by atoms with van der Waals surface area (Å²) in [5.41, 5.74) is -0.228. The highest BCUT2D eigenvalue weighted by Gasteiger charge is 2.30. The molecule has 2 rings (SSSR count). The summed E-state index contributed by atoms with van der Waals surface area (Å²) in [6.45, 7) is 3.03. The number of ether oxygens (including phenoxy) is 1. The molecule has 0 bridgehead atoms. The Hall–Kier alpha value is -0.630. The second-order valence-corrected chi connectivity index (χ2v) is 8.67. The number of amides is 1. The lowest BCUT2D eigenvalue weighted by Gasteiger charge is -2.34. The highest BCUT2D eigenvalue weighted by Crippen LogP contribution is 2.25. The van der Waals surface area contributed by atoms with Crippen LogP contribution in [0.3, 0.4) is 0 Å². The maximum absolute atomic E-state index is 12.4. The third-order valence-electron chi connectivity index (χ3n) is 3.32. The fourth-order valence-electron chi connectivity index (χ4n) is 2.20. The van der Waals surface area contributed by atoms with Crippen molar-refractivity contribution in [3.63, 3.8) is 0 Å². The smallest absolute Gasteiger partial charge is 0.261 e. The Bertz CT molecular complexity index is 656. The van der Waals surface area contributed by atoms with E-state index in [1.807, 2.05) is 6.92 Å².